The van der Waals surface area contributed by atoms with Crippen LogP contribution in [0.3, 0.4) is 0 Å². The predicted octanol–water partition coefficient (Wildman–Crippen LogP) is 2.28. The maximum absolute atomic E-state index is 4.74. The molecule has 0 saturated heterocycles. The summed E-state index contributed by atoms with van der Waals surface area (Å²) in [6, 6.07) is 10.6. The van der Waals surface area contributed by atoms with Gasteiger partial charge in [0, 0.05) is 21.3 Å². The van der Waals surface area contributed by atoms with E-state index in [1.54, 1.807) is 21.3 Å². The van der Waals surface area contributed by atoms with Gasteiger partial charge in [-0.15, -0.1) is 0 Å². The molecule has 16 heavy (non-hydrogen) atoms. The van der Waals surface area contributed by atoms with Gasteiger partial charge < -0.3 is 13.3 Å². The molecule has 4 heteroatoms. The Kier molecular flexibility index (Phi) is 10.4. The average Bonchev–Trinajstić information content (AvgIpc) is 2.34. The first kappa shape index (κ1) is 15.3. The van der Waals surface area contributed by atoms with Crippen molar-refractivity contribution in [1.29, 1.82) is 0 Å². The third-order valence-corrected chi connectivity index (χ3v) is 3.11. The van der Waals surface area contributed by atoms with Gasteiger partial charge in [-0.2, -0.15) is 0 Å². The number of hydrogen-bond acceptors (Lipinski definition) is 3. The Labute approximate surface area is 100 Å². The zero-order valence-corrected chi connectivity index (χ0v) is 11.8. The number of rotatable bonds is 5. The smallest absolute Gasteiger partial charge is 0.379 e. The maximum Gasteiger partial charge on any atom is 0.483 e. The molecule has 1 aromatic carbocycles. The summed E-state index contributed by atoms with van der Waals surface area (Å²) in [5, 5.41) is 0. The van der Waals surface area contributed by atoms with E-state index in [9.17, 15) is 0 Å². The van der Waals surface area contributed by atoms with E-state index in [0.717, 1.165) is 0 Å². The topological polar surface area (TPSA) is 27.7 Å². The van der Waals surface area contributed by atoms with E-state index in [1.165, 1.54) is 18.4 Å². The highest BCUT2D eigenvalue weighted by atomic mass is 28.3. The molecule has 0 fully saturated rings. The molecule has 0 aliphatic heterocycles. The Bertz CT molecular complexity index is 232. The van der Waals surface area contributed by atoms with Gasteiger partial charge in [0.15, 0.2) is 0 Å². The molecule has 1 aromatic rings. The summed E-state index contributed by atoms with van der Waals surface area (Å²) in [7, 11) is 3.05. The summed E-state index contributed by atoms with van der Waals surface area (Å²) in [4.78, 5) is 0. The standard InChI is InChI=1S/C9H12.C3H10O3Si/c1-2-6-9-7-4-3-5-8-9;1-4-7(5-2)6-3/h3-5,7-8H,2,6H2,1H3;7H,1-3H3. The van der Waals surface area contributed by atoms with Crippen LogP contribution in [-0.4, -0.2) is 30.9 Å². The fourth-order valence-electron chi connectivity index (χ4n) is 1.22. The summed E-state index contributed by atoms with van der Waals surface area (Å²) >= 11 is 0. The van der Waals surface area contributed by atoms with Crippen LogP contribution in [-0.2, 0) is 19.7 Å². The van der Waals surface area contributed by atoms with Gasteiger partial charge in [-0.3, -0.25) is 0 Å². The normalized spacial score (nSPS) is 9.81. The first-order chi connectivity index (χ1) is 7.78. The third kappa shape index (κ3) is 7.59. The Morgan fingerprint density at radius 2 is 1.44 bits per heavy atom. The van der Waals surface area contributed by atoms with Crippen molar-refractivity contribution in [2.45, 2.75) is 19.8 Å². The van der Waals surface area contributed by atoms with Crippen molar-refractivity contribution in [3.05, 3.63) is 35.9 Å². The van der Waals surface area contributed by atoms with E-state index in [1.807, 2.05) is 0 Å². The molecule has 0 unspecified atom stereocenters. The number of hydrogen-bond donors (Lipinski definition) is 0. The molecule has 0 amide bonds. The van der Waals surface area contributed by atoms with Gasteiger partial charge in [-0.1, -0.05) is 43.7 Å². The Balaban J connectivity index is 0.000000293. The molecule has 0 N–H and O–H groups in total. The predicted molar refractivity (Wildman–Crippen MR) is 68.6 cm³/mol. The van der Waals surface area contributed by atoms with Crippen molar-refractivity contribution in [2.24, 2.45) is 0 Å². The lowest BCUT2D eigenvalue weighted by Crippen LogP contribution is -2.21. The van der Waals surface area contributed by atoms with E-state index >= 15 is 0 Å². The fraction of sp³-hybridized carbons (Fsp3) is 0.500. The van der Waals surface area contributed by atoms with Crippen molar-refractivity contribution < 1.29 is 13.3 Å². The van der Waals surface area contributed by atoms with E-state index in [-0.39, 0.29) is 0 Å². The van der Waals surface area contributed by atoms with Crippen LogP contribution in [0, 0.1) is 0 Å². The minimum Gasteiger partial charge on any atom is -0.379 e. The molecule has 0 aliphatic carbocycles. The SMILES string of the molecule is CCCc1ccccc1.CO[SiH](OC)OC. The molecule has 0 bridgehead atoms. The monoisotopic (exact) mass is 242 g/mol. The summed E-state index contributed by atoms with van der Waals surface area (Å²) in [5.74, 6) is 0. The van der Waals surface area contributed by atoms with Crippen LogP contribution in [0.2, 0.25) is 0 Å². The molecule has 0 aromatic heterocycles. The molecule has 1 rings (SSSR count). The van der Waals surface area contributed by atoms with Crippen molar-refractivity contribution in [2.75, 3.05) is 21.3 Å². The molecule has 3 nitrogen and oxygen atoms in total. The maximum atomic E-state index is 4.74. The molecular formula is C12H22O3Si. The van der Waals surface area contributed by atoms with Crippen molar-refractivity contribution in [3.63, 3.8) is 0 Å². The first-order valence-corrected chi connectivity index (χ1v) is 6.82. The molecule has 0 aliphatic rings. The average molecular weight is 242 g/mol. The van der Waals surface area contributed by atoms with Crippen LogP contribution in [0.4, 0.5) is 0 Å². The van der Waals surface area contributed by atoms with Crippen LogP contribution in [0.1, 0.15) is 18.9 Å². The number of aryl methyl sites for hydroxylation is 1. The van der Waals surface area contributed by atoms with Crippen molar-refractivity contribution in [3.8, 4) is 0 Å². The Hall–Kier alpha value is -0.683. The lowest BCUT2D eigenvalue weighted by atomic mass is 10.1. The molecular weight excluding hydrogens is 220 g/mol. The zero-order valence-electron chi connectivity index (χ0n) is 10.6. The van der Waals surface area contributed by atoms with E-state index in [4.69, 9.17) is 13.3 Å². The van der Waals surface area contributed by atoms with E-state index in [2.05, 4.69) is 37.3 Å². The van der Waals surface area contributed by atoms with Gasteiger partial charge >= 0.3 is 9.53 Å². The Morgan fingerprint density at radius 1 is 0.938 bits per heavy atom. The van der Waals surface area contributed by atoms with Gasteiger partial charge in [0.25, 0.3) is 0 Å². The van der Waals surface area contributed by atoms with Crippen LogP contribution in [0.15, 0.2) is 30.3 Å². The lowest BCUT2D eigenvalue weighted by Gasteiger charge is -2.05. The second-order valence-electron chi connectivity index (χ2n) is 3.23. The fourth-order valence-corrected chi connectivity index (χ4v) is 1.80. The summed E-state index contributed by atoms with van der Waals surface area (Å²) < 4.78 is 14.2. The van der Waals surface area contributed by atoms with Crippen LogP contribution < -0.4 is 0 Å². The Morgan fingerprint density at radius 3 is 1.75 bits per heavy atom. The quantitative estimate of drug-likeness (QED) is 0.741. The second-order valence-corrected chi connectivity index (χ2v) is 5.22. The van der Waals surface area contributed by atoms with Gasteiger partial charge in [0.1, 0.15) is 0 Å². The highest BCUT2D eigenvalue weighted by Crippen LogP contribution is 2.00. The molecule has 0 saturated carbocycles. The molecule has 92 valence electrons. The van der Waals surface area contributed by atoms with Gasteiger partial charge in [0.2, 0.25) is 0 Å². The van der Waals surface area contributed by atoms with E-state index < -0.39 is 9.53 Å². The minimum absolute atomic E-state index is 1.21. The summed E-state index contributed by atoms with van der Waals surface area (Å²) in [5.41, 5.74) is 1.44. The summed E-state index contributed by atoms with van der Waals surface area (Å²) in [6.07, 6.45) is 2.45. The van der Waals surface area contributed by atoms with Crippen LogP contribution >= 0.6 is 0 Å². The highest BCUT2D eigenvalue weighted by molar-refractivity contribution is 6.36. The largest absolute Gasteiger partial charge is 0.483 e. The third-order valence-electron chi connectivity index (χ3n) is 1.96. The first-order valence-electron chi connectivity index (χ1n) is 5.40. The minimum atomic E-state index is -1.67. The molecule has 0 atom stereocenters. The second kappa shape index (κ2) is 10.8. The highest BCUT2D eigenvalue weighted by Gasteiger charge is 2.04. The number of benzene rings is 1. The van der Waals surface area contributed by atoms with Gasteiger partial charge in [-0.05, 0) is 12.0 Å². The van der Waals surface area contributed by atoms with E-state index in [0.29, 0.717) is 0 Å². The van der Waals surface area contributed by atoms with Crippen LogP contribution in [0.25, 0.3) is 0 Å². The van der Waals surface area contributed by atoms with Gasteiger partial charge in [-0.25, -0.2) is 0 Å². The molecule has 0 radical (unpaired) electrons. The molecule has 0 spiro atoms. The van der Waals surface area contributed by atoms with Crippen molar-refractivity contribution in [1.82, 2.24) is 0 Å². The summed E-state index contributed by atoms with van der Waals surface area (Å²) in [6.45, 7) is 2.20. The van der Waals surface area contributed by atoms with Crippen molar-refractivity contribution >= 4 is 9.53 Å². The lowest BCUT2D eigenvalue weighted by molar-refractivity contribution is 0.163. The zero-order chi connectivity index (χ0) is 12.2. The van der Waals surface area contributed by atoms with Gasteiger partial charge in [0.05, 0.1) is 0 Å². The molecule has 0 heterocycles. The van der Waals surface area contributed by atoms with Crippen LogP contribution in [0.5, 0.6) is 0 Å².